The Kier molecular flexibility index (Phi) is 6.99. The molecule has 0 aromatic carbocycles. The molecule has 1 aromatic heterocycles. The fourth-order valence-corrected chi connectivity index (χ4v) is 2.50. The zero-order valence-corrected chi connectivity index (χ0v) is 13.1. The number of thiol groups is 1. The van der Waals surface area contributed by atoms with Gasteiger partial charge in [-0.05, 0) is 38.4 Å². The smallest absolute Gasteiger partial charge is 0.268 e. The summed E-state index contributed by atoms with van der Waals surface area (Å²) in [5, 5.41) is 4.27. The molecule has 0 amide bonds. The number of aromatic nitrogens is 2. The molecule has 5 heteroatoms. The van der Waals surface area contributed by atoms with E-state index in [1.165, 1.54) is 0 Å². The molecule has 1 rings (SSSR count). The van der Waals surface area contributed by atoms with E-state index in [-0.39, 0.29) is 5.56 Å². The summed E-state index contributed by atoms with van der Waals surface area (Å²) < 4.78 is 1.56. The van der Waals surface area contributed by atoms with Crippen molar-refractivity contribution in [3.8, 4) is 0 Å². The second-order valence-electron chi connectivity index (χ2n) is 4.85. The quantitative estimate of drug-likeness (QED) is 0.745. The van der Waals surface area contributed by atoms with Crippen LogP contribution in [0.3, 0.4) is 0 Å². The molecule has 0 aliphatic carbocycles. The molecule has 1 aromatic rings. The number of nitrogens with zero attached hydrogens (tertiary/aromatic N) is 3. The number of rotatable bonds is 8. The van der Waals surface area contributed by atoms with Gasteiger partial charge in [0.05, 0.1) is 11.9 Å². The van der Waals surface area contributed by atoms with E-state index in [0.29, 0.717) is 12.5 Å². The van der Waals surface area contributed by atoms with Crippen LogP contribution in [-0.4, -0.2) is 28.6 Å². The monoisotopic (exact) mass is 283 g/mol. The van der Waals surface area contributed by atoms with Gasteiger partial charge in [0.15, 0.2) is 0 Å². The van der Waals surface area contributed by atoms with Gasteiger partial charge in [-0.2, -0.15) is 17.7 Å². The lowest BCUT2D eigenvalue weighted by atomic mass is 10.1. The van der Waals surface area contributed by atoms with Gasteiger partial charge in [0.2, 0.25) is 0 Å². The van der Waals surface area contributed by atoms with Crippen LogP contribution < -0.4 is 10.5 Å². The molecular formula is C14H25N3OS. The van der Waals surface area contributed by atoms with E-state index < -0.39 is 0 Å². The Morgan fingerprint density at radius 2 is 2.05 bits per heavy atom. The van der Waals surface area contributed by atoms with Crippen LogP contribution in [0.5, 0.6) is 0 Å². The number of aryl methyl sites for hydroxylation is 1. The van der Waals surface area contributed by atoms with Gasteiger partial charge >= 0.3 is 0 Å². The van der Waals surface area contributed by atoms with Crippen LogP contribution in [0, 0.1) is 5.92 Å². The summed E-state index contributed by atoms with van der Waals surface area (Å²) in [6.07, 6.45) is 3.84. The summed E-state index contributed by atoms with van der Waals surface area (Å²) in [6.45, 7) is 8.81. The Labute approximate surface area is 121 Å². The molecule has 0 saturated heterocycles. The van der Waals surface area contributed by atoms with E-state index in [4.69, 9.17) is 0 Å². The van der Waals surface area contributed by atoms with Crippen molar-refractivity contribution >= 4 is 18.3 Å². The van der Waals surface area contributed by atoms with E-state index in [0.717, 1.165) is 37.4 Å². The predicted octanol–water partition coefficient (Wildman–Crippen LogP) is 2.44. The summed E-state index contributed by atoms with van der Waals surface area (Å²) in [4.78, 5) is 14.1. The SMILES string of the molecule is CCN(CC)c1cnn(CCC(C)CCS)c(=O)c1. The van der Waals surface area contributed by atoms with Crippen LogP contribution in [0.25, 0.3) is 0 Å². The first-order chi connectivity index (χ1) is 9.12. The van der Waals surface area contributed by atoms with Crippen molar-refractivity contribution in [2.45, 2.75) is 40.2 Å². The third-order valence-electron chi connectivity index (χ3n) is 3.44. The highest BCUT2D eigenvalue weighted by Crippen LogP contribution is 2.10. The lowest BCUT2D eigenvalue weighted by molar-refractivity contribution is 0.440. The third kappa shape index (κ3) is 4.90. The van der Waals surface area contributed by atoms with Crippen LogP contribution >= 0.6 is 12.6 Å². The summed E-state index contributed by atoms with van der Waals surface area (Å²) in [5.41, 5.74) is 0.900. The molecule has 0 N–H and O–H groups in total. The summed E-state index contributed by atoms with van der Waals surface area (Å²) >= 11 is 4.23. The summed E-state index contributed by atoms with van der Waals surface area (Å²) in [5.74, 6) is 1.47. The normalized spacial score (nSPS) is 12.4. The second kappa shape index (κ2) is 8.25. The second-order valence-corrected chi connectivity index (χ2v) is 5.30. The Morgan fingerprint density at radius 1 is 1.37 bits per heavy atom. The standard InChI is InChI=1S/C14H25N3OS/c1-4-16(5-2)13-10-14(18)17(15-11-13)8-6-12(3)7-9-19/h10-12,19H,4-9H2,1-3H3. The highest BCUT2D eigenvalue weighted by atomic mass is 32.1. The molecule has 19 heavy (non-hydrogen) atoms. The largest absolute Gasteiger partial charge is 0.371 e. The van der Waals surface area contributed by atoms with Gasteiger partial charge in [0, 0.05) is 25.7 Å². The molecule has 4 nitrogen and oxygen atoms in total. The van der Waals surface area contributed by atoms with Gasteiger partial charge in [-0.25, -0.2) is 4.68 Å². The average molecular weight is 283 g/mol. The molecule has 0 spiro atoms. The summed E-state index contributed by atoms with van der Waals surface area (Å²) in [7, 11) is 0. The first kappa shape index (κ1) is 16.1. The minimum atomic E-state index is -0.0116. The molecule has 1 atom stereocenters. The number of hydrogen-bond donors (Lipinski definition) is 1. The van der Waals surface area contributed by atoms with Gasteiger partial charge in [0.25, 0.3) is 5.56 Å². The van der Waals surface area contributed by atoms with Crippen molar-refractivity contribution in [2.75, 3.05) is 23.7 Å². The third-order valence-corrected chi connectivity index (χ3v) is 3.70. The Hall–Kier alpha value is -0.970. The van der Waals surface area contributed by atoms with Gasteiger partial charge in [-0.3, -0.25) is 4.79 Å². The lowest BCUT2D eigenvalue weighted by Gasteiger charge is -2.20. The molecule has 1 unspecified atom stereocenters. The van der Waals surface area contributed by atoms with Crippen LogP contribution in [-0.2, 0) is 6.54 Å². The summed E-state index contributed by atoms with van der Waals surface area (Å²) in [6, 6.07) is 1.68. The highest BCUT2D eigenvalue weighted by molar-refractivity contribution is 7.80. The zero-order valence-electron chi connectivity index (χ0n) is 12.2. The Bertz CT molecular complexity index is 429. The molecule has 0 aliphatic rings. The number of hydrogen-bond acceptors (Lipinski definition) is 4. The van der Waals surface area contributed by atoms with Crippen molar-refractivity contribution in [1.29, 1.82) is 0 Å². The molecule has 0 saturated carbocycles. The molecule has 0 aliphatic heterocycles. The maximum Gasteiger partial charge on any atom is 0.268 e. The van der Waals surface area contributed by atoms with Gasteiger partial charge in [-0.15, -0.1) is 0 Å². The molecule has 0 bridgehead atoms. The van der Waals surface area contributed by atoms with Gasteiger partial charge in [-0.1, -0.05) is 6.92 Å². The van der Waals surface area contributed by atoms with Crippen LogP contribution in [0.1, 0.15) is 33.6 Å². The van der Waals surface area contributed by atoms with Crippen molar-refractivity contribution < 1.29 is 0 Å². The predicted molar refractivity (Wildman–Crippen MR) is 84.3 cm³/mol. The van der Waals surface area contributed by atoms with Crippen LogP contribution in [0.2, 0.25) is 0 Å². The van der Waals surface area contributed by atoms with Crippen molar-refractivity contribution in [1.82, 2.24) is 9.78 Å². The molecule has 1 heterocycles. The van der Waals surface area contributed by atoms with Gasteiger partial charge in [0.1, 0.15) is 0 Å². The average Bonchev–Trinajstić information content (AvgIpc) is 2.39. The zero-order chi connectivity index (χ0) is 14.3. The van der Waals surface area contributed by atoms with Gasteiger partial charge < -0.3 is 4.90 Å². The van der Waals surface area contributed by atoms with E-state index in [9.17, 15) is 4.79 Å². The fourth-order valence-electron chi connectivity index (χ4n) is 2.06. The number of anilines is 1. The van der Waals surface area contributed by atoms with E-state index in [1.807, 2.05) is 0 Å². The van der Waals surface area contributed by atoms with E-state index >= 15 is 0 Å². The fraction of sp³-hybridized carbons (Fsp3) is 0.714. The molecule has 0 radical (unpaired) electrons. The maximum atomic E-state index is 12.0. The Morgan fingerprint density at radius 3 is 2.58 bits per heavy atom. The molecule has 108 valence electrons. The molecule has 0 fully saturated rings. The van der Waals surface area contributed by atoms with Crippen LogP contribution in [0.15, 0.2) is 17.1 Å². The molecular weight excluding hydrogens is 258 g/mol. The van der Waals surface area contributed by atoms with Crippen molar-refractivity contribution in [3.63, 3.8) is 0 Å². The topological polar surface area (TPSA) is 38.1 Å². The first-order valence-corrected chi connectivity index (χ1v) is 7.68. The van der Waals surface area contributed by atoms with E-state index in [1.54, 1.807) is 16.9 Å². The Balaban J connectivity index is 2.70. The maximum absolute atomic E-state index is 12.0. The van der Waals surface area contributed by atoms with E-state index in [2.05, 4.69) is 43.4 Å². The minimum Gasteiger partial charge on any atom is -0.371 e. The lowest BCUT2D eigenvalue weighted by Crippen LogP contribution is -2.28. The highest BCUT2D eigenvalue weighted by Gasteiger charge is 2.07. The minimum absolute atomic E-state index is 0.0116. The van der Waals surface area contributed by atoms with Crippen molar-refractivity contribution in [2.24, 2.45) is 5.92 Å². The first-order valence-electron chi connectivity index (χ1n) is 7.05. The van der Waals surface area contributed by atoms with Crippen molar-refractivity contribution in [3.05, 3.63) is 22.6 Å². The van der Waals surface area contributed by atoms with Crippen LogP contribution in [0.4, 0.5) is 5.69 Å².